The van der Waals surface area contributed by atoms with Crippen molar-refractivity contribution in [2.75, 3.05) is 5.32 Å². The van der Waals surface area contributed by atoms with Crippen LogP contribution in [0.3, 0.4) is 0 Å². The highest BCUT2D eigenvalue weighted by Crippen LogP contribution is 2.24. The van der Waals surface area contributed by atoms with Crippen molar-refractivity contribution in [3.63, 3.8) is 0 Å². The molecular formula is C20H21ClFN5O. The van der Waals surface area contributed by atoms with Gasteiger partial charge in [-0.05, 0) is 39.0 Å². The Morgan fingerprint density at radius 1 is 1.36 bits per heavy atom. The average molecular weight is 402 g/mol. The smallest absolute Gasteiger partial charge is 0.248 e. The Morgan fingerprint density at radius 3 is 2.82 bits per heavy atom. The van der Waals surface area contributed by atoms with Gasteiger partial charge in [0.05, 0.1) is 29.8 Å². The molecule has 0 saturated heterocycles. The molecule has 0 saturated carbocycles. The van der Waals surface area contributed by atoms with E-state index >= 15 is 0 Å². The van der Waals surface area contributed by atoms with Gasteiger partial charge in [0.1, 0.15) is 5.82 Å². The molecular weight excluding hydrogens is 381 g/mol. The van der Waals surface area contributed by atoms with Crippen molar-refractivity contribution >= 4 is 29.3 Å². The van der Waals surface area contributed by atoms with Crippen molar-refractivity contribution in [3.05, 3.63) is 70.0 Å². The van der Waals surface area contributed by atoms with Crippen LogP contribution in [0, 0.1) is 19.7 Å². The lowest BCUT2D eigenvalue weighted by Crippen LogP contribution is -2.10. The van der Waals surface area contributed by atoms with E-state index in [9.17, 15) is 9.18 Å². The van der Waals surface area contributed by atoms with Crippen molar-refractivity contribution in [2.24, 2.45) is 0 Å². The average Bonchev–Trinajstić information content (AvgIpc) is 3.23. The van der Waals surface area contributed by atoms with Gasteiger partial charge in [-0.1, -0.05) is 17.7 Å². The molecule has 0 aliphatic heterocycles. The Hall–Kier alpha value is -2.93. The number of aromatic nitrogens is 4. The molecule has 1 N–H and O–H groups in total. The zero-order valence-electron chi connectivity index (χ0n) is 15.9. The molecule has 0 radical (unpaired) electrons. The number of anilines is 1. The van der Waals surface area contributed by atoms with Crippen molar-refractivity contribution in [2.45, 2.75) is 33.9 Å². The van der Waals surface area contributed by atoms with E-state index in [0.717, 1.165) is 17.8 Å². The van der Waals surface area contributed by atoms with E-state index in [0.29, 0.717) is 22.0 Å². The zero-order chi connectivity index (χ0) is 20.3. The van der Waals surface area contributed by atoms with Gasteiger partial charge in [0.2, 0.25) is 5.91 Å². The first-order valence-electron chi connectivity index (χ1n) is 8.87. The van der Waals surface area contributed by atoms with Crippen LogP contribution in [0.1, 0.15) is 29.4 Å². The van der Waals surface area contributed by atoms with Crippen LogP contribution in [0.15, 0.2) is 36.7 Å². The second-order valence-corrected chi connectivity index (χ2v) is 6.76. The van der Waals surface area contributed by atoms with Crippen molar-refractivity contribution in [1.82, 2.24) is 19.6 Å². The molecule has 3 rings (SSSR count). The van der Waals surface area contributed by atoms with Crippen molar-refractivity contribution in [1.29, 1.82) is 0 Å². The number of rotatable bonds is 6. The molecule has 146 valence electrons. The SMILES string of the molecule is CCn1cc(/C=C/C(=O)Nc2c(C)nn(Cc3c(F)cccc3Cl)c2C)cn1. The summed E-state index contributed by atoms with van der Waals surface area (Å²) in [5.41, 5.74) is 3.17. The minimum atomic E-state index is -0.388. The molecule has 0 atom stereocenters. The van der Waals surface area contributed by atoms with Crippen LogP contribution < -0.4 is 5.32 Å². The number of benzene rings is 1. The van der Waals surface area contributed by atoms with Crippen LogP contribution in [0.25, 0.3) is 6.08 Å². The van der Waals surface area contributed by atoms with Gasteiger partial charge in [-0.25, -0.2) is 4.39 Å². The van der Waals surface area contributed by atoms with Gasteiger partial charge in [0.15, 0.2) is 0 Å². The Bertz CT molecular complexity index is 1020. The van der Waals surface area contributed by atoms with E-state index in [2.05, 4.69) is 15.5 Å². The van der Waals surface area contributed by atoms with Gasteiger partial charge in [-0.2, -0.15) is 10.2 Å². The molecule has 0 aliphatic rings. The van der Waals surface area contributed by atoms with Crippen molar-refractivity contribution in [3.8, 4) is 0 Å². The van der Waals surface area contributed by atoms with Crippen LogP contribution in [-0.4, -0.2) is 25.5 Å². The highest BCUT2D eigenvalue weighted by Gasteiger charge is 2.16. The number of nitrogens with zero attached hydrogens (tertiary/aromatic N) is 4. The molecule has 0 fully saturated rings. The summed E-state index contributed by atoms with van der Waals surface area (Å²) in [6, 6.07) is 4.56. The minimum Gasteiger partial charge on any atom is -0.319 e. The Labute approximate surface area is 167 Å². The summed E-state index contributed by atoms with van der Waals surface area (Å²) in [5, 5.41) is 11.8. The molecule has 0 aliphatic carbocycles. The molecule has 3 aromatic rings. The van der Waals surface area contributed by atoms with Crippen LogP contribution in [-0.2, 0) is 17.9 Å². The van der Waals surface area contributed by atoms with Gasteiger partial charge in [0, 0.05) is 35.0 Å². The first kappa shape index (κ1) is 19.8. The number of nitrogens with one attached hydrogen (secondary N) is 1. The number of carbonyl (C=O) groups excluding carboxylic acids is 1. The van der Waals surface area contributed by atoms with Gasteiger partial charge >= 0.3 is 0 Å². The predicted molar refractivity (Wildman–Crippen MR) is 108 cm³/mol. The summed E-state index contributed by atoms with van der Waals surface area (Å²) in [4.78, 5) is 12.3. The third kappa shape index (κ3) is 4.31. The quantitative estimate of drug-likeness (QED) is 0.629. The van der Waals surface area contributed by atoms with Gasteiger partial charge in [0.25, 0.3) is 0 Å². The second-order valence-electron chi connectivity index (χ2n) is 6.36. The molecule has 1 aromatic carbocycles. The van der Waals surface area contributed by atoms with Crippen molar-refractivity contribution < 1.29 is 9.18 Å². The summed E-state index contributed by atoms with van der Waals surface area (Å²) >= 11 is 6.11. The Kier molecular flexibility index (Phi) is 5.94. The topological polar surface area (TPSA) is 64.7 Å². The van der Waals surface area contributed by atoms with E-state index in [1.807, 2.05) is 20.0 Å². The largest absolute Gasteiger partial charge is 0.319 e. The molecule has 2 heterocycles. The number of amides is 1. The first-order valence-corrected chi connectivity index (χ1v) is 9.25. The summed E-state index contributed by atoms with van der Waals surface area (Å²) < 4.78 is 17.5. The third-order valence-electron chi connectivity index (χ3n) is 4.40. The number of halogens is 2. The lowest BCUT2D eigenvalue weighted by Gasteiger charge is -2.08. The summed E-state index contributed by atoms with van der Waals surface area (Å²) in [6.07, 6.45) is 6.69. The molecule has 0 unspecified atom stereocenters. The number of hydrogen-bond donors (Lipinski definition) is 1. The Morgan fingerprint density at radius 2 is 2.14 bits per heavy atom. The number of carbonyl (C=O) groups is 1. The van der Waals surface area contributed by atoms with Crippen LogP contribution in [0.5, 0.6) is 0 Å². The summed E-state index contributed by atoms with van der Waals surface area (Å²) in [5.74, 6) is -0.667. The molecule has 0 spiro atoms. The van der Waals surface area contributed by atoms with E-state index in [1.54, 1.807) is 40.7 Å². The fourth-order valence-corrected chi connectivity index (χ4v) is 3.06. The molecule has 8 heteroatoms. The van der Waals surface area contributed by atoms with E-state index in [4.69, 9.17) is 11.6 Å². The molecule has 0 bridgehead atoms. The summed E-state index contributed by atoms with van der Waals surface area (Å²) in [7, 11) is 0. The van der Waals surface area contributed by atoms with E-state index in [1.165, 1.54) is 12.1 Å². The predicted octanol–water partition coefficient (Wildman–Crippen LogP) is 4.21. The zero-order valence-corrected chi connectivity index (χ0v) is 16.7. The normalized spacial score (nSPS) is 11.3. The van der Waals surface area contributed by atoms with Crippen LogP contribution in [0.4, 0.5) is 10.1 Å². The fraction of sp³-hybridized carbons (Fsp3) is 0.250. The fourth-order valence-electron chi connectivity index (χ4n) is 2.84. The van der Waals surface area contributed by atoms with Crippen LogP contribution in [0.2, 0.25) is 5.02 Å². The van der Waals surface area contributed by atoms with E-state index < -0.39 is 0 Å². The highest BCUT2D eigenvalue weighted by molar-refractivity contribution is 6.31. The standard InChI is InChI=1S/C20H21ClFN5O/c1-4-26-11-15(10-23-26)8-9-19(28)24-20-13(2)25-27(14(20)3)12-16-17(21)6-5-7-18(16)22/h5-11H,4,12H2,1-3H3,(H,24,28)/b9-8+. The first-order chi connectivity index (χ1) is 13.4. The van der Waals surface area contributed by atoms with Crippen LogP contribution >= 0.6 is 11.6 Å². The van der Waals surface area contributed by atoms with E-state index in [-0.39, 0.29) is 18.3 Å². The molecule has 1 amide bonds. The monoisotopic (exact) mass is 401 g/mol. The minimum absolute atomic E-state index is 0.181. The van der Waals surface area contributed by atoms with Gasteiger partial charge < -0.3 is 5.32 Å². The maximum absolute atomic E-state index is 14.1. The third-order valence-corrected chi connectivity index (χ3v) is 4.76. The lowest BCUT2D eigenvalue weighted by molar-refractivity contribution is -0.111. The molecule has 2 aromatic heterocycles. The molecule has 28 heavy (non-hydrogen) atoms. The van der Waals surface area contributed by atoms with Gasteiger partial charge in [-0.3, -0.25) is 14.2 Å². The van der Waals surface area contributed by atoms with Gasteiger partial charge in [-0.15, -0.1) is 0 Å². The second kappa shape index (κ2) is 8.39. The number of aryl methyl sites for hydroxylation is 2. The maximum atomic E-state index is 14.1. The Balaban J connectivity index is 1.75. The number of hydrogen-bond acceptors (Lipinski definition) is 3. The maximum Gasteiger partial charge on any atom is 0.248 e. The molecule has 6 nitrogen and oxygen atoms in total. The highest BCUT2D eigenvalue weighted by atomic mass is 35.5. The summed E-state index contributed by atoms with van der Waals surface area (Å²) in [6.45, 7) is 6.55. The lowest BCUT2D eigenvalue weighted by atomic mass is 10.2.